The second-order valence-electron chi connectivity index (χ2n) is 4.34. The predicted molar refractivity (Wildman–Crippen MR) is 75.3 cm³/mol. The van der Waals surface area contributed by atoms with E-state index in [2.05, 4.69) is 36.5 Å². The van der Waals surface area contributed by atoms with Crippen LogP contribution in [0.2, 0.25) is 0 Å². The molecule has 0 saturated carbocycles. The molecular weight excluding hydrogens is 226 g/mol. The van der Waals surface area contributed by atoms with Gasteiger partial charge in [-0.1, -0.05) is 25.5 Å². The second kappa shape index (κ2) is 9.92. The minimum absolute atomic E-state index is 0.757. The van der Waals surface area contributed by atoms with Gasteiger partial charge in [-0.05, 0) is 37.1 Å². The molecule has 18 heavy (non-hydrogen) atoms. The van der Waals surface area contributed by atoms with Gasteiger partial charge in [0.25, 0.3) is 0 Å². The highest BCUT2D eigenvalue weighted by Gasteiger charge is 1.95. The van der Waals surface area contributed by atoms with E-state index in [-0.39, 0.29) is 0 Å². The van der Waals surface area contributed by atoms with E-state index >= 15 is 0 Å². The Hall–Kier alpha value is -1.06. The molecule has 1 N–H and O–H groups in total. The van der Waals surface area contributed by atoms with Gasteiger partial charge in [0.2, 0.25) is 0 Å². The summed E-state index contributed by atoms with van der Waals surface area (Å²) < 4.78 is 10.6. The minimum Gasteiger partial charge on any atom is -0.494 e. The summed E-state index contributed by atoms with van der Waals surface area (Å²) in [7, 11) is 1.72. The highest BCUT2D eigenvalue weighted by Crippen LogP contribution is 2.13. The van der Waals surface area contributed by atoms with Crippen LogP contribution >= 0.6 is 0 Å². The summed E-state index contributed by atoms with van der Waals surface area (Å²) in [6.07, 6.45) is 3.34. The first-order chi connectivity index (χ1) is 8.86. The molecule has 1 rings (SSSR count). The predicted octanol–water partition coefficient (Wildman–Crippen LogP) is 2.64. The van der Waals surface area contributed by atoms with Crippen molar-refractivity contribution in [1.29, 1.82) is 0 Å². The van der Waals surface area contributed by atoms with Gasteiger partial charge in [-0.2, -0.15) is 0 Å². The molecule has 1 aromatic rings. The number of hydrogen-bond acceptors (Lipinski definition) is 3. The molecule has 0 aliphatic heterocycles. The van der Waals surface area contributed by atoms with Gasteiger partial charge in [-0.25, -0.2) is 0 Å². The maximum absolute atomic E-state index is 5.67. The third-order valence-corrected chi connectivity index (χ3v) is 2.71. The van der Waals surface area contributed by atoms with E-state index < -0.39 is 0 Å². The van der Waals surface area contributed by atoms with Crippen molar-refractivity contribution in [2.45, 2.75) is 26.2 Å². The Balaban J connectivity index is 2.08. The van der Waals surface area contributed by atoms with E-state index in [1.54, 1.807) is 7.11 Å². The lowest BCUT2D eigenvalue weighted by Crippen LogP contribution is -2.21. The molecule has 0 aliphatic carbocycles. The lowest BCUT2D eigenvalue weighted by Gasteiger charge is -2.07. The average Bonchev–Trinajstić information content (AvgIpc) is 2.40. The quantitative estimate of drug-likeness (QED) is 0.648. The van der Waals surface area contributed by atoms with Crippen molar-refractivity contribution in [3.63, 3.8) is 0 Å². The molecule has 0 saturated heterocycles. The number of aryl methyl sites for hydroxylation is 1. The molecule has 102 valence electrons. The fraction of sp³-hybridized carbons (Fsp3) is 0.600. The second-order valence-corrected chi connectivity index (χ2v) is 4.34. The molecule has 0 unspecified atom stereocenters. The SMILES string of the molecule is CCCc1ccc(OCCCNCCOC)cc1. The van der Waals surface area contributed by atoms with Crippen LogP contribution in [0.3, 0.4) is 0 Å². The molecule has 0 spiro atoms. The monoisotopic (exact) mass is 251 g/mol. The smallest absolute Gasteiger partial charge is 0.119 e. The van der Waals surface area contributed by atoms with E-state index in [0.29, 0.717) is 0 Å². The molecule has 0 bridgehead atoms. The van der Waals surface area contributed by atoms with E-state index in [1.165, 1.54) is 12.0 Å². The van der Waals surface area contributed by atoms with Crippen molar-refractivity contribution in [1.82, 2.24) is 5.32 Å². The van der Waals surface area contributed by atoms with Crippen molar-refractivity contribution in [2.75, 3.05) is 33.4 Å². The van der Waals surface area contributed by atoms with Crippen LogP contribution in [-0.4, -0.2) is 33.4 Å². The molecule has 3 nitrogen and oxygen atoms in total. The highest BCUT2D eigenvalue weighted by molar-refractivity contribution is 5.27. The molecule has 3 heteroatoms. The van der Waals surface area contributed by atoms with Gasteiger partial charge >= 0.3 is 0 Å². The van der Waals surface area contributed by atoms with E-state index in [4.69, 9.17) is 9.47 Å². The van der Waals surface area contributed by atoms with Crippen molar-refractivity contribution in [3.05, 3.63) is 29.8 Å². The summed E-state index contributed by atoms with van der Waals surface area (Å²) in [5.41, 5.74) is 1.38. The largest absolute Gasteiger partial charge is 0.494 e. The molecular formula is C15H25NO2. The van der Waals surface area contributed by atoms with Crippen molar-refractivity contribution < 1.29 is 9.47 Å². The summed E-state index contributed by atoms with van der Waals surface area (Å²) in [5, 5.41) is 3.29. The molecule has 0 fully saturated rings. The Morgan fingerprint density at radius 3 is 2.50 bits per heavy atom. The standard InChI is InChI=1S/C15H25NO2/c1-3-5-14-6-8-15(9-7-14)18-12-4-10-16-11-13-17-2/h6-9,16H,3-5,10-13H2,1-2H3. The molecule has 0 radical (unpaired) electrons. The van der Waals surface area contributed by atoms with E-state index in [1.807, 2.05) is 0 Å². The topological polar surface area (TPSA) is 30.5 Å². The van der Waals surface area contributed by atoms with Crippen LogP contribution in [0.15, 0.2) is 24.3 Å². The summed E-state index contributed by atoms with van der Waals surface area (Å²) in [4.78, 5) is 0. The zero-order valence-electron chi connectivity index (χ0n) is 11.6. The van der Waals surface area contributed by atoms with Gasteiger partial charge < -0.3 is 14.8 Å². The van der Waals surface area contributed by atoms with Crippen LogP contribution in [0.1, 0.15) is 25.3 Å². The van der Waals surface area contributed by atoms with E-state index in [0.717, 1.165) is 44.9 Å². The molecule has 1 aromatic carbocycles. The third-order valence-electron chi connectivity index (χ3n) is 2.71. The maximum atomic E-state index is 5.67. The number of hydrogen-bond donors (Lipinski definition) is 1. The first kappa shape index (κ1) is 15.0. The van der Waals surface area contributed by atoms with Gasteiger partial charge in [-0.3, -0.25) is 0 Å². The summed E-state index contributed by atoms with van der Waals surface area (Å²) >= 11 is 0. The van der Waals surface area contributed by atoms with Gasteiger partial charge in [0.15, 0.2) is 0 Å². The lowest BCUT2D eigenvalue weighted by atomic mass is 10.1. The van der Waals surface area contributed by atoms with Crippen molar-refractivity contribution in [3.8, 4) is 5.75 Å². The first-order valence-electron chi connectivity index (χ1n) is 6.78. The zero-order valence-corrected chi connectivity index (χ0v) is 11.6. The summed E-state index contributed by atoms with van der Waals surface area (Å²) in [6, 6.07) is 8.41. The minimum atomic E-state index is 0.757. The van der Waals surface area contributed by atoms with Crippen molar-refractivity contribution in [2.24, 2.45) is 0 Å². The number of methoxy groups -OCH3 is 1. The molecule has 0 heterocycles. The molecule has 0 aliphatic rings. The van der Waals surface area contributed by atoms with Crippen LogP contribution < -0.4 is 10.1 Å². The Labute approximate surface area is 110 Å². The van der Waals surface area contributed by atoms with Gasteiger partial charge in [0, 0.05) is 13.7 Å². The molecule has 0 atom stereocenters. The number of ether oxygens (including phenoxy) is 2. The van der Waals surface area contributed by atoms with Gasteiger partial charge in [-0.15, -0.1) is 0 Å². The van der Waals surface area contributed by atoms with Crippen LogP contribution in [0, 0.1) is 0 Å². The fourth-order valence-electron chi connectivity index (χ4n) is 1.73. The zero-order chi connectivity index (χ0) is 13.1. The molecule has 0 aromatic heterocycles. The van der Waals surface area contributed by atoms with Gasteiger partial charge in [0.05, 0.1) is 13.2 Å². The van der Waals surface area contributed by atoms with Crippen LogP contribution in [0.25, 0.3) is 0 Å². The van der Waals surface area contributed by atoms with Crippen LogP contribution in [-0.2, 0) is 11.2 Å². The van der Waals surface area contributed by atoms with E-state index in [9.17, 15) is 0 Å². The third kappa shape index (κ3) is 6.62. The van der Waals surface area contributed by atoms with Crippen LogP contribution in [0.5, 0.6) is 5.75 Å². The van der Waals surface area contributed by atoms with Crippen molar-refractivity contribution >= 4 is 0 Å². The Morgan fingerprint density at radius 1 is 1.06 bits per heavy atom. The maximum Gasteiger partial charge on any atom is 0.119 e. The highest BCUT2D eigenvalue weighted by atomic mass is 16.5. The first-order valence-corrected chi connectivity index (χ1v) is 6.78. The fourth-order valence-corrected chi connectivity index (χ4v) is 1.73. The summed E-state index contributed by atoms with van der Waals surface area (Å²) in [6.45, 7) is 5.59. The molecule has 0 amide bonds. The number of nitrogens with one attached hydrogen (secondary N) is 1. The summed E-state index contributed by atoms with van der Waals surface area (Å²) in [5.74, 6) is 0.965. The Bertz CT molecular complexity index is 298. The average molecular weight is 251 g/mol. The number of rotatable bonds is 10. The normalized spacial score (nSPS) is 10.6. The van der Waals surface area contributed by atoms with Crippen LogP contribution in [0.4, 0.5) is 0 Å². The Morgan fingerprint density at radius 2 is 1.83 bits per heavy atom. The number of benzene rings is 1. The lowest BCUT2D eigenvalue weighted by molar-refractivity contribution is 0.198. The van der Waals surface area contributed by atoms with Gasteiger partial charge in [0.1, 0.15) is 5.75 Å². The Kier molecular flexibility index (Phi) is 8.26.